The third kappa shape index (κ3) is 2.91. The second kappa shape index (κ2) is 4.57. The molecule has 1 fully saturated rings. The maximum Gasteiger partial charge on any atom is 0.152 e. The molecule has 0 aromatic rings. The van der Waals surface area contributed by atoms with E-state index in [1.165, 1.54) is 0 Å². The van der Waals surface area contributed by atoms with Gasteiger partial charge >= 0.3 is 0 Å². The molecule has 6 heteroatoms. The molecule has 1 heterocycles. The third-order valence-corrected chi connectivity index (χ3v) is 4.20. The van der Waals surface area contributed by atoms with Crippen LogP contribution in [0, 0.1) is 0 Å². The van der Waals surface area contributed by atoms with Crippen molar-refractivity contribution in [3.05, 3.63) is 0 Å². The van der Waals surface area contributed by atoms with Gasteiger partial charge in [-0.25, -0.2) is 8.42 Å². The van der Waals surface area contributed by atoms with Gasteiger partial charge in [-0.2, -0.15) is 0 Å². The molecule has 0 radical (unpaired) electrons. The number of aliphatic hydroxyl groups excluding tert-OH is 2. The van der Waals surface area contributed by atoms with E-state index in [1.54, 1.807) is 6.92 Å². The first-order chi connectivity index (χ1) is 6.46. The Kier molecular flexibility index (Phi) is 3.88. The van der Waals surface area contributed by atoms with Crippen molar-refractivity contribution in [1.82, 2.24) is 4.90 Å². The lowest BCUT2D eigenvalue weighted by Gasteiger charge is -2.34. The van der Waals surface area contributed by atoms with Gasteiger partial charge in [-0.1, -0.05) is 0 Å². The summed E-state index contributed by atoms with van der Waals surface area (Å²) in [6.07, 6.45) is -0.638. The first-order valence-electron chi connectivity index (χ1n) is 4.69. The number of hydrogen-bond donors (Lipinski definition) is 2. The maximum absolute atomic E-state index is 11.1. The number of aliphatic hydroxyl groups is 2. The number of nitrogens with zero attached hydrogens (tertiary/aromatic N) is 1. The average molecular weight is 223 g/mol. The van der Waals surface area contributed by atoms with Gasteiger partial charge in [-0.3, -0.25) is 4.90 Å². The Bertz CT molecular complexity index is 261. The fourth-order valence-electron chi connectivity index (χ4n) is 1.63. The Morgan fingerprint density at radius 1 is 1.36 bits per heavy atom. The highest BCUT2D eigenvalue weighted by Gasteiger charge is 2.28. The second-order valence-corrected chi connectivity index (χ2v) is 5.98. The highest BCUT2D eigenvalue weighted by molar-refractivity contribution is 7.91. The van der Waals surface area contributed by atoms with E-state index in [9.17, 15) is 13.5 Å². The SMILES string of the molecule is CC(O)C(CO)N1CCS(=O)(=O)CC1. The first kappa shape index (κ1) is 11.9. The van der Waals surface area contributed by atoms with E-state index >= 15 is 0 Å². The molecule has 2 N–H and O–H groups in total. The number of sulfone groups is 1. The molecule has 0 saturated carbocycles. The van der Waals surface area contributed by atoms with E-state index in [0.29, 0.717) is 13.1 Å². The summed E-state index contributed by atoms with van der Waals surface area (Å²) in [5, 5.41) is 18.4. The first-order valence-corrected chi connectivity index (χ1v) is 6.52. The summed E-state index contributed by atoms with van der Waals surface area (Å²) in [6.45, 7) is 2.26. The van der Waals surface area contributed by atoms with Gasteiger partial charge in [0.2, 0.25) is 0 Å². The quantitative estimate of drug-likeness (QED) is 0.606. The van der Waals surface area contributed by atoms with Crippen molar-refractivity contribution in [2.75, 3.05) is 31.2 Å². The molecular weight excluding hydrogens is 206 g/mol. The summed E-state index contributed by atoms with van der Waals surface area (Å²) in [5.41, 5.74) is 0. The zero-order valence-corrected chi connectivity index (χ0v) is 9.07. The summed E-state index contributed by atoms with van der Waals surface area (Å²) in [6, 6.07) is -0.342. The van der Waals surface area contributed by atoms with Crippen molar-refractivity contribution < 1.29 is 18.6 Å². The molecule has 84 valence electrons. The number of rotatable bonds is 3. The molecule has 0 bridgehead atoms. The lowest BCUT2D eigenvalue weighted by Crippen LogP contribution is -2.51. The zero-order chi connectivity index (χ0) is 10.8. The fourth-order valence-corrected chi connectivity index (χ4v) is 2.86. The molecule has 1 aliphatic heterocycles. The Balaban J connectivity index is 2.56. The molecule has 14 heavy (non-hydrogen) atoms. The van der Waals surface area contributed by atoms with Crippen LogP contribution in [0.4, 0.5) is 0 Å². The van der Waals surface area contributed by atoms with Crippen molar-refractivity contribution >= 4 is 9.84 Å². The molecule has 2 atom stereocenters. The molecule has 2 unspecified atom stereocenters. The molecule has 0 aromatic carbocycles. The highest BCUT2D eigenvalue weighted by Crippen LogP contribution is 2.10. The van der Waals surface area contributed by atoms with Gasteiger partial charge in [0.1, 0.15) is 0 Å². The molecular formula is C8H17NO4S. The average Bonchev–Trinajstić information content (AvgIpc) is 2.08. The Hall–Kier alpha value is -0.170. The predicted molar refractivity (Wildman–Crippen MR) is 52.8 cm³/mol. The van der Waals surface area contributed by atoms with Gasteiger partial charge in [0.05, 0.1) is 30.3 Å². The van der Waals surface area contributed by atoms with Crippen LogP contribution in [-0.2, 0) is 9.84 Å². The molecule has 1 aliphatic rings. The van der Waals surface area contributed by atoms with Crippen molar-refractivity contribution in [3.63, 3.8) is 0 Å². The standard InChI is InChI=1S/C8H17NO4S/c1-7(11)8(6-10)9-2-4-14(12,13)5-3-9/h7-8,10-11H,2-6H2,1H3. The predicted octanol–water partition coefficient (Wildman–Crippen LogP) is -1.54. The van der Waals surface area contributed by atoms with Gasteiger partial charge in [0, 0.05) is 13.1 Å². The van der Waals surface area contributed by atoms with Crippen LogP contribution >= 0.6 is 0 Å². The van der Waals surface area contributed by atoms with Gasteiger partial charge in [-0.15, -0.1) is 0 Å². The van der Waals surface area contributed by atoms with Crippen molar-refractivity contribution in [3.8, 4) is 0 Å². The molecule has 0 aromatic heterocycles. The monoisotopic (exact) mass is 223 g/mol. The Labute approximate surface area is 84.3 Å². The summed E-state index contributed by atoms with van der Waals surface area (Å²) in [4.78, 5) is 1.83. The summed E-state index contributed by atoms with van der Waals surface area (Å²) in [7, 11) is -2.89. The van der Waals surface area contributed by atoms with Crippen LogP contribution < -0.4 is 0 Å². The summed E-state index contributed by atoms with van der Waals surface area (Å²) >= 11 is 0. The molecule has 0 spiro atoms. The van der Waals surface area contributed by atoms with E-state index in [0.717, 1.165) is 0 Å². The van der Waals surface area contributed by atoms with Crippen molar-refractivity contribution in [2.24, 2.45) is 0 Å². The lowest BCUT2D eigenvalue weighted by atomic mass is 10.1. The van der Waals surface area contributed by atoms with E-state index < -0.39 is 15.9 Å². The summed E-state index contributed by atoms with van der Waals surface area (Å²) in [5.74, 6) is 0.242. The van der Waals surface area contributed by atoms with Crippen LogP contribution in [-0.4, -0.2) is 66.9 Å². The van der Waals surface area contributed by atoms with Crippen LogP contribution in [0.25, 0.3) is 0 Å². The van der Waals surface area contributed by atoms with Gasteiger partial charge in [0.15, 0.2) is 9.84 Å². The molecule has 0 amide bonds. The topological polar surface area (TPSA) is 77.8 Å². The van der Waals surface area contributed by atoms with Crippen LogP contribution in [0.2, 0.25) is 0 Å². The van der Waals surface area contributed by atoms with Crippen LogP contribution in [0.5, 0.6) is 0 Å². The minimum Gasteiger partial charge on any atom is -0.395 e. The minimum absolute atomic E-state index is 0.121. The minimum atomic E-state index is -2.89. The van der Waals surface area contributed by atoms with Crippen LogP contribution in [0.15, 0.2) is 0 Å². The smallest absolute Gasteiger partial charge is 0.152 e. The van der Waals surface area contributed by atoms with E-state index in [4.69, 9.17) is 5.11 Å². The molecule has 1 rings (SSSR count). The van der Waals surface area contributed by atoms with Crippen molar-refractivity contribution in [1.29, 1.82) is 0 Å². The maximum atomic E-state index is 11.1. The zero-order valence-electron chi connectivity index (χ0n) is 8.26. The van der Waals surface area contributed by atoms with E-state index in [1.807, 2.05) is 4.90 Å². The Morgan fingerprint density at radius 2 is 1.86 bits per heavy atom. The summed E-state index contributed by atoms with van der Waals surface area (Å²) < 4.78 is 22.3. The molecule has 0 aliphatic carbocycles. The normalized spacial score (nSPS) is 27.1. The molecule has 5 nitrogen and oxygen atoms in total. The second-order valence-electron chi connectivity index (χ2n) is 3.68. The highest BCUT2D eigenvalue weighted by atomic mass is 32.2. The van der Waals surface area contributed by atoms with E-state index in [2.05, 4.69) is 0 Å². The van der Waals surface area contributed by atoms with Crippen molar-refractivity contribution in [2.45, 2.75) is 19.1 Å². The lowest BCUT2D eigenvalue weighted by molar-refractivity contribution is 0.0296. The van der Waals surface area contributed by atoms with Crippen LogP contribution in [0.3, 0.4) is 0 Å². The van der Waals surface area contributed by atoms with E-state index in [-0.39, 0.29) is 24.2 Å². The fraction of sp³-hybridized carbons (Fsp3) is 1.00. The molecule has 1 saturated heterocycles. The van der Waals surface area contributed by atoms with Gasteiger partial charge < -0.3 is 10.2 Å². The Morgan fingerprint density at radius 3 is 2.21 bits per heavy atom. The van der Waals surface area contributed by atoms with Gasteiger partial charge in [0.25, 0.3) is 0 Å². The largest absolute Gasteiger partial charge is 0.395 e. The number of hydrogen-bond acceptors (Lipinski definition) is 5. The van der Waals surface area contributed by atoms with Gasteiger partial charge in [-0.05, 0) is 6.92 Å². The third-order valence-electron chi connectivity index (χ3n) is 2.59. The van der Waals surface area contributed by atoms with Crippen LogP contribution in [0.1, 0.15) is 6.92 Å².